The molecular weight excluding hydrogens is 464 g/mol. The van der Waals surface area contributed by atoms with Crippen molar-refractivity contribution in [1.82, 2.24) is 9.88 Å². The van der Waals surface area contributed by atoms with E-state index in [-0.39, 0.29) is 11.8 Å². The number of nitrogens with one attached hydrogen (secondary N) is 1. The van der Waals surface area contributed by atoms with E-state index in [2.05, 4.69) is 15.2 Å². The first-order valence-electron chi connectivity index (χ1n) is 10.3. The Morgan fingerprint density at radius 3 is 2.33 bits per heavy atom. The number of halogens is 1. The molecule has 0 atom stereocenters. The Labute approximate surface area is 200 Å². The molecule has 0 unspecified atom stereocenters. The third kappa shape index (κ3) is 5.20. The van der Waals surface area contributed by atoms with E-state index in [9.17, 15) is 9.59 Å². The van der Waals surface area contributed by atoms with Crippen molar-refractivity contribution in [3.63, 3.8) is 0 Å². The second-order valence-corrected chi connectivity index (χ2v) is 8.59. The van der Waals surface area contributed by atoms with E-state index in [0.717, 1.165) is 5.69 Å². The molecule has 4 rings (SSSR count). The number of rotatable bonds is 6. The van der Waals surface area contributed by atoms with Crippen molar-refractivity contribution in [3.8, 4) is 11.5 Å². The SMILES string of the molecule is COc1cc(OC)cc(C(=O)Nc2nc(C(=O)N3CCN(c4ccccc4Cl)CC3)cs2)c1. The Kier molecular flexibility index (Phi) is 7.00. The second-order valence-electron chi connectivity index (χ2n) is 7.32. The van der Waals surface area contributed by atoms with Crippen LogP contribution in [-0.2, 0) is 0 Å². The van der Waals surface area contributed by atoms with Crippen LogP contribution in [0.25, 0.3) is 0 Å². The van der Waals surface area contributed by atoms with Gasteiger partial charge in [-0.25, -0.2) is 4.98 Å². The summed E-state index contributed by atoms with van der Waals surface area (Å²) in [6.45, 7) is 2.49. The number of aromatic nitrogens is 1. The summed E-state index contributed by atoms with van der Waals surface area (Å²) in [5.74, 6) is 0.485. The van der Waals surface area contributed by atoms with E-state index in [1.54, 1.807) is 28.5 Å². The highest BCUT2D eigenvalue weighted by Crippen LogP contribution is 2.27. The lowest BCUT2D eigenvalue weighted by molar-refractivity contribution is 0.0741. The van der Waals surface area contributed by atoms with Gasteiger partial charge in [0.2, 0.25) is 0 Å². The molecule has 0 aliphatic carbocycles. The normalized spacial score (nSPS) is 13.5. The number of ether oxygens (including phenoxy) is 2. The minimum absolute atomic E-state index is 0.159. The number of methoxy groups -OCH3 is 2. The second kappa shape index (κ2) is 10.1. The molecule has 0 saturated carbocycles. The molecule has 8 nitrogen and oxygen atoms in total. The number of benzene rings is 2. The maximum atomic E-state index is 12.9. The summed E-state index contributed by atoms with van der Waals surface area (Å²) < 4.78 is 10.4. The fraction of sp³-hybridized carbons (Fsp3) is 0.261. The number of thiazole rings is 1. The Balaban J connectivity index is 1.38. The zero-order chi connectivity index (χ0) is 23.4. The predicted octanol–water partition coefficient (Wildman–Crippen LogP) is 4.03. The number of nitrogens with zero attached hydrogens (tertiary/aromatic N) is 3. The van der Waals surface area contributed by atoms with E-state index in [1.165, 1.54) is 25.6 Å². The number of piperazine rings is 1. The third-order valence-electron chi connectivity index (χ3n) is 5.32. The smallest absolute Gasteiger partial charge is 0.273 e. The van der Waals surface area contributed by atoms with E-state index in [1.807, 2.05) is 24.3 Å². The molecular formula is C23H23ClN4O4S. The summed E-state index contributed by atoms with van der Waals surface area (Å²) in [7, 11) is 3.03. The van der Waals surface area contributed by atoms with Crippen molar-refractivity contribution in [2.75, 3.05) is 50.6 Å². The summed E-state index contributed by atoms with van der Waals surface area (Å²) in [6, 6.07) is 12.6. The van der Waals surface area contributed by atoms with Crippen LogP contribution in [0.3, 0.4) is 0 Å². The van der Waals surface area contributed by atoms with Crippen molar-refractivity contribution in [2.45, 2.75) is 0 Å². The van der Waals surface area contributed by atoms with E-state index in [0.29, 0.717) is 59.1 Å². The number of hydrogen-bond donors (Lipinski definition) is 1. The molecule has 1 fully saturated rings. The van der Waals surface area contributed by atoms with Crippen LogP contribution in [0.4, 0.5) is 10.8 Å². The first-order chi connectivity index (χ1) is 16.0. The van der Waals surface area contributed by atoms with E-state index < -0.39 is 0 Å². The van der Waals surface area contributed by atoms with Gasteiger partial charge in [-0.3, -0.25) is 14.9 Å². The van der Waals surface area contributed by atoms with Crippen LogP contribution in [0.1, 0.15) is 20.8 Å². The Morgan fingerprint density at radius 1 is 1.03 bits per heavy atom. The lowest BCUT2D eigenvalue weighted by Crippen LogP contribution is -2.49. The third-order valence-corrected chi connectivity index (χ3v) is 6.39. The van der Waals surface area contributed by atoms with Crippen molar-refractivity contribution in [1.29, 1.82) is 0 Å². The fourth-order valence-electron chi connectivity index (χ4n) is 3.56. The number of hydrogen-bond acceptors (Lipinski definition) is 7. The van der Waals surface area contributed by atoms with Gasteiger partial charge in [-0.2, -0.15) is 0 Å². The fourth-order valence-corrected chi connectivity index (χ4v) is 4.49. The highest BCUT2D eigenvalue weighted by molar-refractivity contribution is 7.14. The molecule has 2 aromatic carbocycles. The highest BCUT2D eigenvalue weighted by atomic mass is 35.5. The van der Waals surface area contributed by atoms with Crippen molar-refractivity contribution < 1.29 is 19.1 Å². The predicted molar refractivity (Wildman–Crippen MR) is 129 cm³/mol. The number of carbonyl (C=O) groups is 2. The minimum atomic E-state index is -0.367. The topological polar surface area (TPSA) is 84.0 Å². The highest BCUT2D eigenvalue weighted by Gasteiger charge is 2.25. The van der Waals surface area contributed by atoms with Crippen molar-refractivity contribution >= 4 is 45.6 Å². The molecule has 3 aromatic rings. The van der Waals surface area contributed by atoms with Gasteiger partial charge < -0.3 is 19.3 Å². The largest absolute Gasteiger partial charge is 0.497 e. The minimum Gasteiger partial charge on any atom is -0.497 e. The molecule has 10 heteroatoms. The lowest BCUT2D eigenvalue weighted by Gasteiger charge is -2.36. The Bertz CT molecular complexity index is 1140. The molecule has 1 aliphatic heterocycles. The quantitative estimate of drug-likeness (QED) is 0.566. The summed E-state index contributed by atoms with van der Waals surface area (Å²) in [5, 5.41) is 5.44. The lowest BCUT2D eigenvalue weighted by atomic mass is 10.2. The van der Waals surface area contributed by atoms with Gasteiger partial charge in [-0.05, 0) is 24.3 Å². The molecule has 0 radical (unpaired) electrons. The monoisotopic (exact) mass is 486 g/mol. The van der Waals surface area contributed by atoms with Gasteiger partial charge in [0.05, 0.1) is 24.9 Å². The average Bonchev–Trinajstić information content (AvgIpc) is 3.32. The molecule has 33 heavy (non-hydrogen) atoms. The Morgan fingerprint density at radius 2 is 1.70 bits per heavy atom. The van der Waals surface area contributed by atoms with Crippen LogP contribution < -0.4 is 19.7 Å². The van der Waals surface area contributed by atoms with Crippen LogP contribution in [-0.4, -0.2) is 62.1 Å². The summed E-state index contributed by atoms with van der Waals surface area (Å²) >= 11 is 7.50. The zero-order valence-electron chi connectivity index (χ0n) is 18.2. The van der Waals surface area contributed by atoms with Gasteiger partial charge in [0.15, 0.2) is 5.13 Å². The summed E-state index contributed by atoms with van der Waals surface area (Å²) in [6.07, 6.45) is 0. The van der Waals surface area contributed by atoms with Gasteiger partial charge in [0.25, 0.3) is 11.8 Å². The zero-order valence-corrected chi connectivity index (χ0v) is 19.8. The average molecular weight is 487 g/mol. The van der Waals surface area contributed by atoms with Gasteiger partial charge in [0.1, 0.15) is 17.2 Å². The number of anilines is 2. The van der Waals surface area contributed by atoms with Crippen LogP contribution in [0.5, 0.6) is 11.5 Å². The first-order valence-corrected chi connectivity index (χ1v) is 11.5. The molecule has 2 amide bonds. The van der Waals surface area contributed by atoms with Crippen molar-refractivity contribution in [2.24, 2.45) is 0 Å². The van der Waals surface area contributed by atoms with Gasteiger partial charge >= 0.3 is 0 Å². The first kappa shape index (κ1) is 22.9. The van der Waals surface area contributed by atoms with Crippen molar-refractivity contribution in [3.05, 3.63) is 64.1 Å². The summed E-state index contributed by atoms with van der Waals surface area (Å²) in [5.41, 5.74) is 1.65. The molecule has 0 spiro atoms. The molecule has 2 heterocycles. The van der Waals surface area contributed by atoms with E-state index >= 15 is 0 Å². The molecule has 1 aromatic heterocycles. The van der Waals surface area contributed by atoms with Crippen LogP contribution >= 0.6 is 22.9 Å². The molecule has 1 saturated heterocycles. The maximum Gasteiger partial charge on any atom is 0.273 e. The van der Waals surface area contributed by atoms with Gasteiger partial charge in [-0.1, -0.05) is 23.7 Å². The van der Waals surface area contributed by atoms with Crippen LogP contribution in [0, 0.1) is 0 Å². The Hall–Kier alpha value is -3.30. The number of amides is 2. The maximum absolute atomic E-state index is 12.9. The van der Waals surface area contributed by atoms with Gasteiger partial charge in [-0.15, -0.1) is 11.3 Å². The molecule has 0 bridgehead atoms. The molecule has 1 aliphatic rings. The van der Waals surface area contributed by atoms with Crippen LogP contribution in [0.15, 0.2) is 47.8 Å². The molecule has 1 N–H and O–H groups in total. The standard InChI is InChI=1S/C23H23ClN4O4S/c1-31-16-11-15(12-17(13-16)32-2)21(29)26-23-25-19(14-33-23)22(30)28-9-7-27(8-10-28)20-6-4-3-5-18(20)24/h3-6,11-14H,7-10H2,1-2H3,(H,25,26,29). The summed E-state index contributed by atoms with van der Waals surface area (Å²) in [4.78, 5) is 33.8. The van der Waals surface area contributed by atoms with E-state index in [4.69, 9.17) is 21.1 Å². The number of para-hydroxylation sites is 1. The van der Waals surface area contributed by atoms with Gasteiger partial charge in [0, 0.05) is 43.2 Å². The molecule has 172 valence electrons. The number of carbonyl (C=O) groups excluding carboxylic acids is 2. The van der Waals surface area contributed by atoms with Crippen LogP contribution in [0.2, 0.25) is 5.02 Å².